The Morgan fingerprint density at radius 2 is 2.15 bits per heavy atom. The van der Waals surface area contributed by atoms with E-state index in [1.54, 1.807) is 4.68 Å². The second-order valence-electron chi connectivity index (χ2n) is 4.83. The normalized spacial score (nSPS) is 11.3. The highest BCUT2D eigenvalue weighted by Crippen LogP contribution is 2.19. The second-order valence-corrected chi connectivity index (χ2v) is 5.21. The predicted molar refractivity (Wildman–Crippen MR) is 79.0 cm³/mol. The zero-order chi connectivity index (χ0) is 14.1. The molecular formula is C14H16ClN5. The van der Waals surface area contributed by atoms with Crippen molar-refractivity contribution in [1.82, 2.24) is 24.3 Å². The molecule has 3 rings (SSSR count). The number of aromatic nitrogens is 5. The molecule has 3 aromatic heterocycles. The Morgan fingerprint density at radius 3 is 2.85 bits per heavy atom. The van der Waals surface area contributed by atoms with E-state index in [-0.39, 0.29) is 0 Å². The topological polar surface area (TPSA) is 48.5 Å². The molecule has 0 atom stereocenters. The van der Waals surface area contributed by atoms with Crippen molar-refractivity contribution in [1.29, 1.82) is 0 Å². The van der Waals surface area contributed by atoms with Gasteiger partial charge in [-0.05, 0) is 24.6 Å². The fourth-order valence-electron chi connectivity index (χ4n) is 2.33. The number of pyridine rings is 1. The lowest BCUT2D eigenvalue weighted by molar-refractivity contribution is 0.690. The molecule has 0 N–H and O–H groups in total. The number of aryl methyl sites for hydroxylation is 3. The molecule has 0 aliphatic rings. The SMILES string of the molecule is Cc1ccnc2c1nc(CCCl)n2Cc1ccn(C)n1. The Morgan fingerprint density at radius 1 is 1.30 bits per heavy atom. The molecule has 20 heavy (non-hydrogen) atoms. The molecular weight excluding hydrogens is 274 g/mol. The van der Waals surface area contributed by atoms with Crippen LogP contribution in [0.5, 0.6) is 0 Å². The molecule has 3 aromatic rings. The molecule has 0 aliphatic heterocycles. The van der Waals surface area contributed by atoms with E-state index in [9.17, 15) is 0 Å². The van der Waals surface area contributed by atoms with Crippen LogP contribution in [0.2, 0.25) is 0 Å². The minimum absolute atomic E-state index is 0.546. The molecule has 0 spiro atoms. The summed E-state index contributed by atoms with van der Waals surface area (Å²) >= 11 is 5.89. The molecule has 0 fully saturated rings. The third kappa shape index (κ3) is 2.29. The number of hydrogen-bond donors (Lipinski definition) is 0. The maximum Gasteiger partial charge on any atom is 0.160 e. The van der Waals surface area contributed by atoms with Crippen molar-refractivity contribution in [2.45, 2.75) is 19.9 Å². The van der Waals surface area contributed by atoms with Crippen molar-refractivity contribution in [3.8, 4) is 0 Å². The van der Waals surface area contributed by atoms with E-state index < -0.39 is 0 Å². The molecule has 6 heteroatoms. The molecule has 0 amide bonds. The van der Waals surface area contributed by atoms with Gasteiger partial charge >= 0.3 is 0 Å². The highest BCUT2D eigenvalue weighted by atomic mass is 35.5. The lowest BCUT2D eigenvalue weighted by atomic mass is 10.3. The Bertz CT molecular complexity index is 743. The molecule has 3 heterocycles. The predicted octanol–water partition coefficient (Wildman–Crippen LogP) is 2.30. The molecule has 0 saturated heterocycles. The highest BCUT2D eigenvalue weighted by Gasteiger charge is 2.14. The summed E-state index contributed by atoms with van der Waals surface area (Å²) in [6.07, 6.45) is 4.48. The zero-order valence-corrected chi connectivity index (χ0v) is 12.3. The van der Waals surface area contributed by atoms with Gasteiger partial charge < -0.3 is 4.57 Å². The van der Waals surface area contributed by atoms with Crippen LogP contribution in [-0.4, -0.2) is 30.2 Å². The minimum atomic E-state index is 0.546. The smallest absolute Gasteiger partial charge is 0.160 e. The van der Waals surface area contributed by atoms with Gasteiger partial charge in [-0.2, -0.15) is 5.10 Å². The number of imidazole rings is 1. The molecule has 104 valence electrons. The minimum Gasteiger partial charge on any atom is -0.306 e. The van der Waals surface area contributed by atoms with Crippen LogP contribution < -0.4 is 0 Å². The Kier molecular flexibility index (Phi) is 3.44. The fourth-order valence-corrected chi connectivity index (χ4v) is 2.50. The van der Waals surface area contributed by atoms with E-state index in [2.05, 4.69) is 19.6 Å². The fraction of sp³-hybridized carbons (Fsp3) is 0.357. The maximum absolute atomic E-state index is 5.89. The second kappa shape index (κ2) is 5.25. The number of fused-ring (bicyclic) bond motifs is 1. The number of nitrogens with zero attached hydrogens (tertiary/aromatic N) is 5. The average molecular weight is 290 g/mol. The Labute approximate surface area is 122 Å². The maximum atomic E-state index is 5.89. The van der Waals surface area contributed by atoms with E-state index in [1.807, 2.05) is 38.5 Å². The summed E-state index contributed by atoms with van der Waals surface area (Å²) in [5.74, 6) is 1.51. The van der Waals surface area contributed by atoms with Crippen LogP contribution in [0.4, 0.5) is 0 Å². The largest absolute Gasteiger partial charge is 0.306 e. The molecule has 5 nitrogen and oxygen atoms in total. The summed E-state index contributed by atoms with van der Waals surface area (Å²) in [7, 11) is 1.91. The Hall–Kier alpha value is -1.88. The van der Waals surface area contributed by atoms with Gasteiger partial charge in [0.15, 0.2) is 5.65 Å². The van der Waals surface area contributed by atoms with E-state index >= 15 is 0 Å². The zero-order valence-electron chi connectivity index (χ0n) is 11.5. The summed E-state index contributed by atoms with van der Waals surface area (Å²) in [6, 6.07) is 3.98. The van der Waals surface area contributed by atoms with E-state index in [4.69, 9.17) is 11.6 Å². The van der Waals surface area contributed by atoms with Crippen LogP contribution >= 0.6 is 11.6 Å². The monoisotopic (exact) mass is 289 g/mol. The van der Waals surface area contributed by atoms with Gasteiger partial charge in [-0.1, -0.05) is 0 Å². The number of rotatable bonds is 4. The van der Waals surface area contributed by atoms with Crippen molar-refractivity contribution in [2.24, 2.45) is 7.05 Å². The van der Waals surface area contributed by atoms with Crippen LogP contribution in [0.3, 0.4) is 0 Å². The van der Waals surface area contributed by atoms with Gasteiger partial charge in [-0.15, -0.1) is 11.6 Å². The number of alkyl halides is 1. The van der Waals surface area contributed by atoms with Crippen molar-refractivity contribution in [3.05, 3.63) is 41.6 Å². The lowest BCUT2D eigenvalue weighted by Gasteiger charge is -2.05. The van der Waals surface area contributed by atoms with Crippen LogP contribution in [-0.2, 0) is 20.0 Å². The van der Waals surface area contributed by atoms with E-state index in [0.29, 0.717) is 12.4 Å². The third-order valence-corrected chi connectivity index (χ3v) is 3.51. The molecule has 0 unspecified atom stereocenters. The number of hydrogen-bond acceptors (Lipinski definition) is 3. The molecule has 0 radical (unpaired) electrons. The van der Waals surface area contributed by atoms with Crippen LogP contribution in [0.15, 0.2) is 24.5 Å². The van der Waals surface area contributed by atoms with Crippen molar-refractivity contribution < 1.29 is 0 Å². The van der Waals surface area contributed by atoms with Crippen LogP contribution in [0.25, 0.3) is 11.2 Å². The van der Waals surface area contributed by atoms with Gasteiger partial charge in [0.2, 0.25) is 0 Å². The van der Waals surface area contributed by atoms with Gasteiger partial charge in [0.05, 0.1) is 12.2 Å². The summed E-state index contributed by atoms with van der Waals surface area (Å²) in [5.41, 5.74) is 3.97. The first-order chi connectivity index (χ1) is 9.69. The van der Waals surface area contributed by atoms with Gasteiger partial charge in [0.25, 0.3) is 0 Å². The first-order valence-electron chi connectivity index (χ1n) is 6.54. The van der Waals surface area contributed by atoms with Crippen LogP contribution in [0.1, 0.15) is 17.1 Å². The van der Waals surface area contributed by atoms with Crippen molar-refractivity contribution >= 4 is 22.8 Å². The summed E-state index contributed by atoms with van der Waals surface area (Å²) in [6.45, 7) is 2.71. The summed E-state index contributed by atoms with van der Waals surface area (Å²) < 4.78 is 3.90. The standard InChI is InChI=1S/C14H16ClN5/c1-10-4-7-16-14-13(10)17-12(3-6-15)20(14)9-11-5-8-19(2)18-11/h4-5,7-8H,3,6,9H2,1-2H3. The lowest BCUT2D eigenvalue weighted by Crippen LogP contribution is -2.07. The summed E-state index contributed by atoms with van der Waals surface area (Å²) in [4.78, 5) is 9.16. The first-order valence-corrected chi connectivity index (χ1v) is 7.07. The van der Waals surface area contributed by atoms with Crippen molar-refractivity contribution in [3.63, 3.8) is 0 Å². The van der Waals surface area contributed by atoms with Crippen molar-refractivity contribution in [2.75, 3.05) is 5.88 Å². The first kappa shape index (κ1) is 13.1. The van der Waals surface area contributed by atoms with Gasteiger partial charge in [0, 0.05) is 31.7 Å². The van der Waals surface area contributed by atoms with Gasteiger partial charge in [-0.3, -0.25) is 4.68 Å². The van der Waals surface area contributed by atoms with Crippen LogP contribution in [0, 0.1) is 6.92 Å². The number of halogens is 1. The highest BCUT2D eigenvalue weighted by molar-refractivity contribution is 6.17. The van der Waals surface area contributed by atoms with Gasteiger partial charge in [0.1, 0.15) is 11.3 Å². The van der Waals surface area contributed by atoms with E-state index in [0.717, 1.165) is 34.7 Å². The van der Waals surface area contributed by atoms with E-state index in [1.165, 1.54) is 0 Å². The molecule has 0 aliphatic carbocycles. The average Bonchev–Trinajstić information content (AvgIpc) is 2.97. The molecule has 0 bridgehead atoms. The Balaban J connectivity index is 2.11. The quantitative estimate of drug-likeness (QED) is 0.693. The van der Waals surface area contributed by atoms with Gasteiger partial charge in [-0.25, -0.2) is 9.97 Å². The summed E-state index contributed by atoms with van der Waals surface area (Å²) in [5, 5.41) is 4.42. The molecule has 0 aromatic carbocycles. The molecule has 0 saturated carbocycles. The third-order valence-electron chi connectivity index (χ3n) is 3.32.